The van der Waals surface area contributed by atoms with Gasteiger partial charge in [-0.2, -0.15) is 0 Å². The number of guanidine groups is 1. The van der Waals surface area contributed by atoms with Crippen LogP contribution in [0.3, 0.4) is 0 Å². The third-order valence-electron chi connectivity index (χ3n) is 6.41. The molecule has 1 aromatic rings. The number of carbonyl (C=O) groups is 1. The maximum absolute atomic E-state index is 12.2. The lowest BCUT2D eigenvalue weighted by molar-refractivity contribution is -0.128. The van der Waals surface area contributed by atoms with Gasteiger partial charge in [0.2, 0.25) is 5.91 Å². The normalized spacial score (nSPS) is 28.6. The Morgan fingerprint density at radius 1 is 1.29 bits per heavy atom. The van der Waals surface area contributed by atoms with Gasteiger partial charge in [0.15, 0.2) is 5.96 Å². The van der Waals surface area contributed by atoms with Crippen LogP contribution in [0.5, 0.6) is 0 Å². The van der Waals surface area contributed by atoms with Crippen LogP contribution in [0.4, 0.5) is 0 Å². The molecule has 2 heterocycles. The number of carbonyl (C=O) groups excluding carboxylic acids is 1. The summed E-state index contributed by atoms with van der Waals surface area (Å²) in [5, 5.41) is 7.16. The Bertz CT molecular complexity index is 668. The zero-order valence-electron chi connectivity index (χ0n) is 17.0. The maximum atomic E-state index is 12.2. The molecular weight excluding hydrogens is 352 g/mol. The zero-order valence-corrected chi connectivity index (χ0v) is 17.0. The van der Waals surface area contributed by atoms with Crippen molar-refractivity contribution >= 4 is 11.9 Å². The predicted octanol–water partition coefficient (Wildman–Crippen LogP) is 2.95. The lowest BCUT2D eigenvalue weighted by Crippen LogP contribution is -2.47. The molecule has 0 radical (unpaired) electrons. The molecule has 3 unspecified atom stereocenters. The molecule has 0 aromatic carbocycles. The van der Waals surface area contributed by atoms with Crippen LogP contribution in [-0.4, -0.2) is 48.5 Å². The van der Waals surface area contributed by atoms with Gasteiger partial charge in [-0.25, -0.2) is 0 Å². The Morgan fingerprint density at radius 2 is 2.14 bits per heavy atom. The molecular formula is C22H34N4O2. The fourth-order valence-electron chi connectivity index (χ4n) is 4.51. The van der Waals surface area contributed by atoms with E-state index >= 15 is 0 Å². The Morgan fingerprint density at radius 3 is 2.89 bits per heavy atom. The van der Waals surface area contributed by atoms with Gasteiger partial charge in [-0.15, -0.1) is 0 Å². The van der Waals surface area contributed by atoms with Gasteiger partial charge in [0, 0.05) is 50.5 Å². The van der Waals surface area contributed by atoms with Crippen molar-refractivity contribution in [1.29, 1.82) is 0 Å². The minimum atomic E-state index is 0.323. The molecule has 1 aliphatic heterocycles. The van der Waals surface area contributed by atoms with Crippen LogP contribution in [0.25, 0.3) is 0 Å². The summed E-state index contributed by atoms with van der Waals surface area (Å²) in [6.45, 7) is 4.72. The third-order valence-corrected chi connectivity index (χ3v) is 6.41. The molecule has 4 rings (SSSR count). The van der Waals surface area contributed by atoms with Crippen LogP contribution in [0.1, 0.15) is 57.6 Å². The van der Waals surface area contributed by atoms with Gasteiger partial charge in [0.05, 0.1) is 6.26 Å². The lowest BCUT2D eigenvalue weighted by Gasteiger charge is -2.31. The van der Waals surface area contributed by atoms with Crippen LogP contribution >= 0.6 is 0 Å². The van der Waals surface area contributed by atoms with E-state index in [-0.39, 0.29) is 0 Å². The van der Waals surface area contributed by atoms with Crippen molar-refractivity contribution in [2.24, 2.45) is 16.8 Å². The smallest absolute Gasteiger partial charge is 0.223 e. The maximum Gasteiger partial charge on any atom is 0.223 e. The number of hydrogen-bond acceptors (Lipinski definition) is 3. The molecule has 1 amide bonds. The summed E-state index contributed by atoms with van der Waals surface area (Å²) in [5.41, 5.74) is 0. The summed E-state index contributed by atoms with van der Waals surface area (Å²) >= 11 is 0. The minimum absolute atomic E-state index is 0.323. The van der Waals surface area contributed by atoms with Gasteiger partial charge in [0.25, 0.3) is 0 Å². The summed E-state index contributed by atoms with van der Waals surface area (Å²) in [4.78, 5) is 19.2. The summed E-state index contributed by atoms with van der Waals surface area (Å²) in [6.07, 6.45) is 10.7. The average Bonchev–Trinajstić information content (AvgIpc) is 3.26. The first-order chi connectivity index (χ1) is 13.7. The number of nitrogens with one attached hydrogen (secondary N) is 2. The Kier molecular flexibility index (Phi) is 6.23. The van der Waals surface area contributed by atoms with Crippen molar-refractivity contribution in [3.8, 4) is 0 Å². The van der Waals surface area contributed by atoms with E-state index in [0.29, 0.717) is 42.8 Å². The number of furan rings is 1. The second kappa shape index (κ2) is 9.01. The Balaban J connectivity index is 1.33. The first-order valence-corrected chi connectivity index (χ1v) is 11.1. The van der Waals surface area contributed by atoms with E-state index in [9.17, 15) is 4.79 Å². The molecule has 1 saturated heterocycles. The molecule has 154 valence electrons. The average molecular weight is 387 g/mol. The molecule has 2 N–H and O–H groups in total. The molecule has 0 bridgehead atoms. The van der Waals surface area contributed by atoms with E-state index in [1.807, 2.05) is 12.1 Å². The number of amides is 1. The van der Waals surface area contributed by atoms with Crippen molar-refractivity contribution in [2.75, 3.05) is 19.6 Å². The first-order valence-electron chi connectivity index (χ1n) is 11.1. The van der Waals surface area contributed by atoms with Crippen molar-refractivity contribution in [3.05, 3.63) is 24.2 Å². The molecule has 1 aromatic heterocycles. The highest BCUT2D eigenvalue weighted by atomic mass is 16.3. The standard InChI is InChI=1S/C22H34N4O2/c1-16-5-2-3-7-20(16)25-22(23-11-10-19-6-4-12-28-19)24-14-17-13-21(27)26(15-17)18-8-9-18/h4,6,12,16-18,20H,2-3,5,7-11,13-15H2,1H3,(H2,23,24,25). The Hall–Kier alpha value is -1.98. The summed E-state index contributed by atoms with van der Waals surface area (Å²) < 4.78 is 5.43. The van der Waals surface area contributed by atoms with Gasteiger partial charge in [-0.3, -0.25) is 9.79 Å². The largest absolute Gasteiger partial charge is 0.469 e. The Labute approximate surface area is 168 Å². The van der Waals surface area contributed by atoms with E-state index in [1.165, 1.54) is 38.5 Å². The second-order valence-electron chi connectivity index (χ2n) is 8.81. The molecule has 6 nitrogen and oxygen atoms in total. The van der Waals surface area contributed by atoms with E-state index in [0.717, 1.165) is 31.2 Å². The zero-order chi connectivity index (χ0) is 19.3. The van der Waals surface area contributed by atoms with E-state index in [1.54, 1.807) is 6.26 Å². The van der Waals surface area contributed by atoms with E-state index < -0.39 is 0 Å². The number of aliphatic imine (C=N–C) groups is 1. The predicted molar refractivity (Wildman–Crippen MR) is 110 cm³/mol. The second-order valence-corrected chi connectivity index (χ2v) is 8.81. The van der Waals surface area contributed by atoms with Crippen LogP contribution in [-0.2, 0) is 11.2 Å². The van der Waals surface area contributed by atoms with Gasteiger partial charge < -0.3 is 20.0 Å². The topological polar surface area (TPSA) is 69.9 Å². The van der Waals surface area contributed by atoms with Crippen LogP contribution in [0, 0.1) is 11.8 Å². The SMILES string of the molecule is CC1CCCCC1NC(=NCC1CC(=O)N(C2CC2)C1)NCCc1ccco1. The van der Waals surface area contributed by atoms with E-state index in [2.05, 4.69) is 22.5 Å². The molecule has 0 spiro atoms. The van der Waals surface area contributed by atoms with Gasteiger partial charge in [0.1, 0.15) is 5.76 Å². The molecule has 3 aliphatic rings. The van der Waals surface area contributed by atoms with Gasteiger partial charge >= 0.3 is 0 Å². The number of hydrogen-bond donors (Lipinski definition) is 2. The van der Waals surface area contributed by atoms with Crippen molar-refractivity contribution in [1.82, 2.24) is 15.5 Å². The van der Waals surface area contributed by atoms with Crippen molar-refractivity contribution < 1.29 is 9.21 Å². The fraction of sp³-hybridized carbons (Fsp3) is 0.727. The summed E-state index contributed by atoms with van der Waals surface area (Å²) in [6, 6.07) is 4.94. The summed E-state index contributed by atoms with van der Waals surface area (Å²) in [7, 11) is 0. The first kappa shape index (κ1) is 19.3. The fourth-order valence-corrected chi connectivity index (χ4v) is 4.51. The molecule has 3 atom stereocenters. The van der Waals surface area contributed by atoms with Gasteiger partial charge in [-0.1, -0.05) is 19.8 Å². The monoisotopic (exact) mass is 386 g/mol. The summed E-state index contributed by atoms with van der Waals surface area (Å²) in [5.74, 6) is 3.22. The third kappa shape index (κ3) is 5.09. The highest BCUT2D eigenvalue weighted by Crippen LogP contribution is 2.32. The van der Waals surface area contributed by atoms with Crippen molar-refractivity contribution in [2.45, 2.75) is 70.4 Å². The molecule has 2 aliphatic carbocycles. The molecule has 6 heteroatoms. The van der Waals surface area contributed by atoms with Crippen molar-refractivity contribution in [3.63, 3.8) is 0 Å². The van der Waals surface area contributed by atoms with E-state index in [4.69, 9.17) is 9.41 Å². The number of nitrogens with zero attached hydrogens (tertiary/aromatic N) is 2. The quantitative estimate of drug-likeness (QED) is 0.558. The highest BCUT2D eigenvalue weighted by Gasteiger charge is 2.39. The molecule has 2 saturated carbocycles. The molecule has 28 heavy (non-hydrogen) atoms. The van der Waals surface area contributed by atoms with Crippen LogP contribution < -0.4 is 10.6 Å². The highest BCUT2D eigenvalue weighted by molar-refractivity contribution is 5.81. The molecule has 3 fully saturated rings. The van der Waals surface area contributed by atoms with Crippen LogP contribution in [0.2, 0.25) is 0 Å². The lowest BCUT2D eigenvalue weighted by atomic mass is 9.86. The number of rotatable bonds is 7. The minimum Gasteiger partial charge on any atom is -0.469 e. The van der Waals surface area contributed by atoms with Gasteiger partial charge in [-0.05, 0) is 43.7 Å². The van der Waals surface area contributed by atoms with Crippen LogP contribution in [0.15, 0.2) is 27.8 Å². The number of likely N-dealkylation sites (tertiary alicyclic amines) is 1.